The maximum Gasteiger partial charge on any atom is 0.375 e. The van der Waals surface area contributed by atoms with E-state index in [1.807, 2.05) is 6.92 Å². The Hall–Kier alpha value is -1.19. The van der Waals surface area contributed by atoms with Gasteiger partial charge in [0.05, 0.1) is 13.0 Å². The van der Waals surface area contributed by atoms with Gasteiger partial charge < -0.3 is 4.74 Å². The third-order valence-corrected chi connectivity index (χ3v) is 1.62. The molecule has 80 valence electrons. The van der Waals surface area contributed by atoms with Gasteiger partial charge in [0.2, 0.25) is 5.78 Å². The fourth-order valence-electron chi connectivity index (χ4n) is 0.896. The maximum absolute atomic E-state index is 10.9. The highest BCUT2D eigenvalue weighted by atomic mass is 16.5. The molecule has 0 atom stereocenters. The van der Waals surface area contributed by atoms with Gasteiger partial charge in [0.1, 0.15) is 5.78 Å². The Bertz CT molecular complexity index is 220. The lowest BCUT2D eigenvalue weighted by Gasteiger charge is -2.01. The summed E-state index contributed by atoms with van der Waals surface area (Å²) in [6, 6.07) is 0. The Balaban J connectivity index is 3.63. The molecule has 0 aromatic heterocycles. The lowest BCUT2D eigenvalue weighted by atomic mass is 10.2. The van der Waals surface area contributed by atoms with Crippen molar-refractivity contribution in [1.82, 2.24) is 0 Å². The van der Waals surface area contributed by atoms with Gasteiger partial charge in [0.15, 0.2) is 0 Å². The predicted molar refractivity (Wildman–Crippen MR) is 50.8 cm³/mol. The summed E-state index contributed by atoms with van der Waals surface area (Å²) in [7, 11) is 0. The van der Waals surface area contributed by atoms with Crippen molar-refractivity contribution < 1.29 is 19.1 Å². The van der Waals surface area contributed by atoms with Gasteiger partial charge in [-0.05, 0) is 13.3 Å². The van der Waals surface area contributed by atoms with E-state index in [9.17, 15) is 14.4 Å². The quantitative estimate of drug-likeness (QED) is 0.269. The van der Waals surface area contributed by atoms with Crippen molar-refractivity contribution in [2.24, 2.45) is 0 Å². The number of carbonyl (C=O) groups is 3. The molecule has 0 aliphatic rings. The van der Waals surface area contributed by atoms with E-state index in [2.05, 4.69) is 4.74 Å². The minimum absolute atomic E-state index is 0.260. The molecule has 0 N–H and O–H groups in total. The first-order chi connectivity index (χ1) is 6.57. The van der Waals surface area contributed by atoms with Crippen molar-refractivity contribution in [1.29, 1.82) is 0 Å². The molecule has 0 rings (SSSR count). The largest absolute Gasteiger partial charge is 0.460 e. The highest BCUT2D eigenvalue weighted by Crippen LogP contribution is 1.96. The Morgan fingerprint density at radius 1 is 1.14 bits per heavy atom. The summed E-state index contributed by atoms with van der Waals surface area (Å²) in [5, 5.41) is 0. The van der Waals surface area contributed by atoms with Crippen molar-refractivity contribution >= 4 is 17.5 Å². The van der Waals surface area contributed by atoms with Crippen LogP contribution in [0.2, 0.25) is 0 Å². The molecule has 0 aromatic carbocycles. The molecule has 14 heavy (non-hydrogen) atoms. The van der Waals surface area contributed by atoms with Crippen LogP contribution in [0.25, 0.3) is 0 Å². The molecule has 0 aliphatic carbocycles. The van der Waals surface area contributed by atoms with E-state index in [0.717, 1.165) is 19.3 Å². The van der Waals surface area contributed by atoms with Crippen LogP contribution in [-0.2, 0) is 19.1 Å². The fourth-order valence-corrected chi connectivity index (χ4v) is 0.896. The van der Waals surface area contributed by atoms with Crippen molar-refractivity contribution in [3.63, 3.8) is 0 Å². The van der Waals surface area contributed by atoms with Crippen LogP contribution >= 0.6 is 0 Å². The summed E-state index contributed by atoms with van der Waals surface area (Å²) >= 11 is 0. The number of Topliss-reactive ketones (excluding diaryl/α,β-unsaturated/α-hetero) is 2. The van der Waals surface area contributed by atoms with E-state index in [1.165, 1.54) is 6.92 Å². The number of esters is 1. The molecule has 0 saturated carbocycles. The molecular formula is C10H16O4. The van der Waals surface area contributed by atoms with E-state index in [-0.39, 0.29) is 18.8 Å². The van der Waals surface area contributed by atoms with Crippen LogP contribution in [0.4, 0.5) is 0 Å². The van der Waals surface area contributed by atoms with E-state index >= 15 is 0 Å². The molecular weight excluding hydrogens is 184 g/mol. The van der Waals surface area contributed by atoms with Gasteiger partial charge >= 0.3 is 5.97 Å². The summed E-state index contributed by atoms with van der Waals surface area (Å²) in [5.74, 6) is -1.97. The predicted octanol–water partition coefficient (Wildman–Crippen LogP) is 1.27. The van der Waals surface area contributed by atoms with E-state index in [4.69, 9.17) is 0 Å². The normalized spacial score (nSPS) is 9.57. The highest BCUT2D eigenvalue weighted by molar-refractivity contribution is 6.36. The van der Waals surface area contributed by atoms with E-state index < -0.39 is 11.8 Å². The smallest absolute Gasteiger partial charge is 0.375 e. The summed E-state index contributed by atoms with van der Waals surface area (Å²) in [6.45, 7) is 3.56. The van der Waals surface area contributed by atoms with Crippen LogP contribution < -0.4 is 0 Å². The van der Waals surface area contributed by atoms with Crippen molar-refractivity contribution in [2.75, 3.05) is 6.61 Å². The van der Waals surface area contributed by atoms with E-state index in [0.29, 0.717) is 0 Å². The third kappa shape index (κ3) is 6.34. The number of carbonyl (C=O) groups excluding carboxylic acids is 3. The second-order valence-electron chi connectivity index (χ2n) is 3.14. The van der Waals surface area contributed by atoms with Crippen molar-refractivity contribution in [3.8, 4) is 0 Å². The number of ketones is 2. The number of rotatable bonds is 7. The molecule has 4 heteroatoms. The molecule has 0 radical (unpaired) electrons. The maximum atomic E-state index is 10.9. The number of unbranched alkanes of at least 4 members (excludes halogenated alkanes) is 2. The van der Waals surface area contributed by atoms with Crippen molar-refractivity contribution in [2.45, 2.75) is 39.5 Å². The monoisotopic (exact) mass is 200 g/mol. The van der Waals surface area contributed by atoms with Gasteiger partial charge in [0.25, 0.3) is 0 Å². The second kappa shape index (κ2) is 7.24. The lowest BCUT2D eigenvalue weighted by Crippen LogP contribution is -2.20. The molecule has 0 heterocycles. The standard InChI is InChI=1S/C10H16O4/c1-3-4-5-6-14-10(13)9(12)7-8(2)11/h3-7H2,1-2H3. The summed E-state index contributed by atoms with van der Waals surface area (Å²) in [4.78, 5) is 32.3. The van der Waals surface area contributed by atoms with Gasteiger partial charge in [-0.2, -0.15) is 0 Å². The van der Waals surface area contributed by atoms with Crippen LogP contribution in [0.15, 0.2) is 0 Å². The van der Waals surface area contributed by atoms with Gasteiger partial charge in [-0.25, -0.2) is 4.79 Å². The molecule has 0 spiro atoms. The third-order valence-electron chi connectivity index (χ3n) is 1.62. The average molecular weight is 200 g/mol. The topological polar surface area (TPSA) is 60.4 Å². The van der Waals surface area contributed by atoms with Gasteiger partial charge in [0, 0.05) is 0 Å². The minimum Gasteiger partial charge on any atom is -0.460 e. The molecule has 0 unspecified atom stereocenters. The molecule has 0 bridgehead atoms. The summed E-state index contributed by atoms with van der Waals surface area (Å²) in [5.41, 5.74) is 0. The highest BCUT2D eigenvalue weighted by Gasteiger charge is 2.16. The average Bonchev–Trinajstić information content (AvgIpc) is 2.11. The van der Waals surface area contributed by atoms with Gasteiger partial charge in [-0.15, -0.1) is 0 Å². The summed E-state index contributed by atoms with van der Waals surface area (Å²) < 4.78 is 4.67. The number of hydrogen-bond acceptors (Lipinski definition) is 4. The number of ether oxygens (including phenoxy) is 1. The SMILES string of the molecule is CCCCCOC(=O)C(=O)CC(C)=O. The van der Waals surface area contributed by atoms with Crippen LogP contribution in [0.1, 0.15) is 39.5 Å². The molecule has 0 amide bonds. The minimum atomic E-state index is -0.892. The van der Waals surface area contributed by atoms with Crippen LogP contribution in [-0.4, -0.2) is 24.1 Å². The van der Waals surface area contributed by atoms with Crippen LogP contribution in [0, 0.1) is 0 Å². The zero-order valence-electron chi connectivity index (χ0n) is 8.67. The summed E-state index contributed by atoms with van der Waals surface area (Å²) in [6.07, 6.45) is 2.40. The molecule has 0 aliphatic heterocycles. The van der Waals surface area contributed by atoms with Gasteiger partial charge in [-0.3, -0.25) is 9.59 Å². The fraction of sp³-hybridized carbons (Fsp3) is 0.700. The zero-order valence-corrected chi connectivity index (χ0v) is 8.67. The lowest BCUT2D eigenvalue weighted by molar-refractivity contribution is -0.154. The zero-order chi connectivity index (χ0) is 11.0. The second-order valence-corrected chi connectivity index (χ2v) is 3.14. The Labute approximate surface area is 83.6 Å². The van der Waals surface area contributed by atoms with Crippen LogP contribution in [0.3, 0.4) is 0 Å². The van der Waals surface area contributed by atoms with Gasteiger partial charge in [-0.1, -0.05) is 19.8 Å². The molecule has 0 fully saturated rings. The first-order valence-corrected chi connectivity index (χ1v) is 4.77. The molecule has 0 saturated heterocycles. The van der Waals surface area contributed by atoms with Crippen molar-refractivity contribution in [3.05, 3.63) is 0 Å². The first-order valence-electron chi connectivity index (χ1n) is 4.77. The number of hydrogen-bond donors (Lipinski definition) is 0. The Morgan fingerprint density at radius 3 is 2.29 bits per heavy atom. The molecule has 0 aromatic rings. The van der Waals surface area contributed by atoms with E-state index in [1.54, 1.807) is 0 Å². The van der Waals surface area contributed by atoms with Crippen LogP contribution in [0.5, 0.6) is 0 Å². The Kier molecular flexibility index (Phi) is 6.62. The Morgan fingerprint density at radius 2 is 1.79 bits per heavy atom. The molecule has 4 nitrogen and oxygen atoms in total. The first kappa shape index (κ1) is 12.8.